The van der Waals surface area contributed by atoms with Crippen LogP contribution in [-0.4, -0.2) is 44.0 Å². The zero-order valence-electron chi connectivity index (χ0n) is 21.7. The molecule has 1 N–H and O–H groups in total. The van der Waals surface area contributed by atoms with Crippen LogP contribution in [0, 0.1) is 23.7 Å². The molecule has 1 aliphatic rings. The highest BCUT2D eigenvalue weighted by Gasteiger charge is 2.27. The molecule has 4 aromatic rings. The lowest BCUT2D eigenvalue weighted by molar-refractivity contribution is 0.0795. The second kappa shape index (κ2) is 10.3. The molecule has 0 atom stereocenters. The number of halogens is 2. The number of ether oxygens (including phenoxy) is 2. The van der Waals surface area contributed by atoms with Gasteiger partial charge in [0.25, 0.3) is 12.0 Å². The minimum Gasteiger partial charge on any atom is -0.490 e. The SMILES string of the molecule is Cc1cc(Nc2cc3cc(-c4cc(OCC(F)F)ncc4OCC(C)(C)C#N)ccn3n2)nn(C2CC2)c1=O. The van der Waals surface area contributed by atoms with Gasteiger partial charge in [0, 0.05) is 29.5 Å². The number of alkyl halides is 2. The van der Waals surface area contributed by atoms with Crippen molar-refractivity contribution in [2.24, 2.45) is 5.41 Å². The van der Waals surface area contributed by atoms with E-state index in [1.807, 2.05) is 12.1 Å². The summed E-state index contributed by atoms with van der Waals surface area (Å²) in [5.74, 6) is 1.46. The molecule has 4 aromatic heterocycles. The van der Waals surface area contributed by atoms with Crippen LogP contribution in [-0.2, 0) is 0 Å². The monoisotopic (exact) mass is 535 g/mol. The lowest BCUT2D eigenvalue weighted by atomic mass is 9.97. The van der Waals surface area contributed by atoms with Crippen molar-refractivity contribution in [3.63, 3.8) is 0 Å². The average molecular weight is 536 g/mol. The van der Waals surface area contributed by atoms with E-state index in [-0.39, 0.29) is 24.1 Å². The molecule has 12 heteroatoms. The van der Waals surface area contributed by atoms with Gasteiger partial charge in [-0.3, -0.25) is 4.79 Å². The summed E-state index contributed by atoms with van der Waals surface area (Å²) < 4.78 is 39.7. The molecule has 1 aliphatic carbocycles. The van der Waals surface area contributed by atoms with Crippen LogP contribution in [0.25, 0.3) is 16.6 Å². The first-order valence-corrected chi connectivity index (χ1v) is 12.4. The van der Waals surface area contributed by atoms with E-state index in [1.165, 1.54) is 16.9 Å². The number of nitrogens with one attached hydrogen (secondary N) is 1. The summed E-state index contributed by atoms with van der Waals surface area (Å²) in [7, 11) is 0. The number of nitriles is 1. The van der Waals surface area contributed by atoms with Crippen LogP contribution < -0.4 is 20.3 Å². The lowest BCUT2D eigenvalue weighted by Gasteiger charge is -2.18. The first-order valence-electron chi connectivity index (χ1n) is 12.4. The van der Waals surface area contributed by atoms with Gasteiger partial charge in [0.2, 0.25) is 5.88 Å². The van der Waals surface area contributed by atoms with E-state index >= 15 is 0 Å². The first-order chi connectivity index (χ1) is 18.6. The quantitative estimate of drug-likeness (QED) is 0.304. The summed E-state index contributed by atoms with van der Waals surface area (Å²) in [5.41, 5.74) is 1.77. The fourth-order valence-electron chi connectivity index (χ4n) is 3.90. The number of aryl methyl sites for hydroxylation is 1. The predicted molar refractivity (Wildman–Crippen MR) is 140 cm³/mol. The Bertz CT molecular complexity index is 1620. The normalized spacial score (nSPS) is 13.5. The Balaban J connectivity index is 1.46. The average Bonchev–Trinajstić information content (AvgIpc) is 3.67. The molecule has 39 heavy (non-hydrogen) atoms. The van der Waals surface area contributed by atoms with Crippen molar-refractivity contribution in [2.75, 3.05) is 18.5 Å². The van der Waals surface area contributed by atoms with E-state index in [1.54, 1.807) is 43.6 Å². The molecule has 0 radical (unpaired) electrons. The van der Waals surface area contributed by atoms with E-state index in [4.69, 9.17) is 9.47 Å². The molecule has 1 saturated carbocycles. The van der Waals surface area contributed by atoms with Crippen molar-refractivity contribution in [3.8, 4) is 28.8 Å². The van der Waals surface area contributed by atoms with Gasteiger partial charge >= 0.3 is 0 Å². The third-order valence-electron chi connectivity index (χ3n) is 6.13. The summed E-state index contributed by atoms with van der Waals surface area (Å²) in [6.07, 6.45) is 2.40. The minimum atomic E-state index is -2.64. The van der Waals surface area contributed by atoms with Crippen molar-refractivity contribution >= 4 is 17.2 Å². The Hall–Kier alpha value is -4.53. The van der Waals surface area contributed by atoms with Crippen molar-refractivity contribution in [1.29, 1.82) is 5.26 Å². The molecule has 10 nitrogen and oxygen atoms in total. The van der Waals surface area contributed by atoms with Gasteiger partial charge in [-0.15, -0.1) is 0 Å². The Morgan fingerprint density at radius 2 is 1.95 bits per heavy atom. The molecule has 1 fully saturated rings. The van der Waals surface area contributed by atoms with Gasteiger partial charge in [-0.1, -0.05) is 0 Å². The van der Waals surface area contributed by atoms with Crippen LogP contribution >= 0.6 is 0 Å². The first kappa shape index (κ1) is 26.1. The van der Waals surface area contributed by atoms with E-state index < -0.39 is 18.4 Å². The molecule has 0 unspecified atom stereocenters. The molecule has 0 spiro atoms. The summed E-state index contributed by atoms with van der Waals surface area (Å²) in [6, 6.07) is 11.0. The second-order valence-corrected chi connectivity index (χ2v) is 10.1. The Kier molecular flexibility index (Phi) is 6.91. The van der Waals surface area contributed by atoms with Crippen LogP contribution in [0.2, 0.25) is 0 Å². The summed E-state index contributed by atoms with van der Waals surface area (Å²) in [4.78, 5) is 16.5. The fourth-order valence-corrected chi connectivity index (χ4v) is 3.90. The highest BCUT2D eigenvalue weighted by Crippen LogP contribution is 2.35. The largest absolute Gasteiger partial charge is 0.490 e. The standard InChI is InChI=1S/C27H27F2N7O3/c1-16-8-23(34-36(26(16)37)18-4-5-18)32-24-10-19-9-17(6-7-35(19)33-24)20-11-25(38-13-22(28)29)31-12-21(20)39-15-27(2,3)14-30/h6-12,18,22H,4-5,13,15H2,1-3H3,(H,32,33,34). The fraction of sp³-hybridized carbons (Fsp3) is 0.370. The molecule has 0 amide bonds. The summed E-state index contributed by atoms with van der Waals surface area (Å²) in [5, 5.41) is 21.5. The number of hydrogen-bond acceptors (Lipinski definition) is 8. The Labute approximate surface area is 222 Å². The van der Waals surface area contributed by atoms with Gasteiger partial charge in [0.15, 0.2) is 18.2 Å². The molecular formula is C27H27F2N7O3. The molecule has 0 bridgehead atoms. The van der Waals surface area contributed by atoms with E-state index in [9.17, 15) is 18.8 Å². The zero-order valence-corrected chi connectivity index (χ0v) is 21.7. The van der Waals surface area contributed by atoms with Crippen LogP contribution in [0.3, 0.4) is 0 Å². The maximum atomic E-state index is 12.7. The van der Waals surface area contributed by atoms with Crippen LogP contribution in [0.5, 0.6) is 11.6 Å². The van der Waals surface area contributed by atoms with Crippen molar-refractivity contribution < 1.29 is 18.3 Å². The van der Waals surface area contributed by atoms with E-state index in [2.05, 4.69) is 26.6 Å². The van der Waals surface area contributed by atoms with Gasteiger partial charge in [-0.25, -0.2) is 23.0 Å². The van der Waals surface area contributed by atoms with Gasteiger partial charge in [0.05, 0.1) is 29.2 Å². The van der Waals surface area contributed by atoms with Gasteiger partial charge in [-0.05, 0) is 57.4 Å². The third kappa shape index (κ3) is 5.98. The zero-order chi connectivity index (χ0) is 27.7. The van der Waals surface area contributed by atoms with Crippen LogP contribution in [0.15, 0.2) is 47.5 Å². The summed E-state index contributed by atoms with van der Waals surface area (Å²) in [6.45, 7) is 4.58. The van der Waals surface area contributed by atoms with Crippen molar-refractivity contribution in [1.82, 2.24) is 24.4 Å². The molecule has 0 saturated heterocycles. The molecule has 5 rings (SSSR count). The Morgan fingerprint density at radius 1 is 1.18 bits per heavy atom. The predicted octanol–water partition coefficient (Wildman–Crippen LogP) is 4.91. The van der Waals surface area contributed by atoms with Crippen LogP contribution in [0.1, 0.15) is 38.3 Å². The number of rotatable bonds is 10. The third-order valence-corrected chi connectivity index (χ3v) is 6.13. The number of hydrogen-bond donors (Lipinski definition) is 1. The smallest absolute Gasteiger partial charge is 0.272 e. The number of nitrogens with zero attached hydrogens (tertiary/aromatic N) is 6. The minimum absolute atomic E-state index is 0.0279. The molecule has 4 heterocycles. The van der Waals surface area contributed by atoms with Crippen LogP contribution in [0.4, 0.5) is 20.4 Å². The number of fused-ring (bicyclic) bond motifs is 1. The van der Waals surface area contributed by atoms with Crippen molar-refractivity contribution in [2.45, 2.75) is 46.1 Å². The molecule has 0 aromatic carbocycles. The van der Waals surface area contributed by atoms with E-state index in [0.717, 1.165) is 18.4 Å². The Morgan fingerprint density at radius 3 is 2.67 bits per heavy atom. The second-order valence-electron chi connectivity index (χ2n) is 10.1. The lowest BCUT2D eigenvalue weighted by Crippen LogP contribution is -2.24. The summed E-state index contributed by atoms with van der Waals surface area (Å²) >= 11 is 0. The highest BCUT2D eigenvalue weighted by atomic mass is 19.3. The number of anilines is 2. The van der Waals surface area contributed by atoms with Crippen molar-refractivity contribution in [3.05, 3.63) is 58.6 Å². The number of pyridine rings is 2. The van der Waals surface area contributed by atoms with Gasteiger partial charge in [0.1, 0.15) is 12.4 Å². The highest BCUT2D eigenvalue weighted by molar-refractivity contribution is 5.75. The maximum Gasteiger partial charge on any atom is 0.272 e. The maximum absolute atomic E-state index is 12.7. The van der Waals surface area contributed by atoms with Gasteiger partial charge < -0.3 is 14.8 Å². The molecule has 0 aliphatic heterocycles. The number of aromatic nitrogens is 5. The topological polar surface area (TPSA) is 119 Å². The van der Waals surface area contributed by atoms with E-state index in [0.29, 0.717) is 34.1 Å². The molecular weight excluding hydrogens is 508 g/mol. The molecule has 202 valence electrons. The van der Waals surface area contributed by atoms with Gasteiger partial charge in [-0.2, -0.15) is 15.5 Å².